The largest absolute Gasteiger partial charge is 0.480 e. The molecular weight excluding hydrogens is 421 g/mol. The van der Waals surface area contributed by atoms with Crippen molar-refractivity contribution < 1.29 is 23.1 Å². The van der Waals surface area contributed by atoms with Crippen LogP contribution in [0.25, 0.3) is 10.9 Å². The number of rotatable bonds is 6. The topological polar surface area (TPSA) is 74.2 Å². The maximum Gasteiger partial charge on any atom is 0.401 e. The molecule has 2 aromatic heterocycles. The van der Waals surface area contributed by atoms with E-state index in [9.17, 15) is 18.0 Å². The van der Waals surface area contributed by atoms with Gasteiger partial charge in [-0.05, 0) is 67.5 Å². The number of carboxylic acid groups (broad SMARTS) is 1. The number of alkyl halides is 3. The summed E-state index contributed by atoms with van der Waals surface area (Å²) in [4.78, 5) is 15.8. The quantitative estimate of drug-likeness (QED) is 0.591. The number of likely N-dealkylation sites (tertiary alicyclic amines) is 1. The first kappa shape index (κ1) is 22.4. The molecule has 172 valence electrons. The maximum absolute atomic E-state index is 13.1. The Morgan fingerprint density at radius 1 is 1.31 bits per heavy atom. The van der Waals surface area contributed by atoms with Crippen LogP contribution in [0, 0.1) is 19.8 Å². The van der Waals surface area contributed by atoms with Crippen molar-refractivity contribution in [2.24, 2.45) is 5.92 Å². The molecule has 2 N–H and O–H groups in total. The summed E-state index contributed by atoms with van der Waals surface area (Å²) < 4.78 is 40.5. The van der Waals surface area contributed by atoms with Gasteiger partial charge in [0.05, 0.1) is 12.7 Å². The molecule has 3 aromatic rings. The molecule has 4 rings (SSSR count). The number of halogens is 3. The van der Waals surface area contributed by atoms with E-state index in [-0.39, 0.29) is 24.9 Å². The van der Waals surface area contributed by atoms with Crippen molar-refractivity contribution in [2.45, 2.75) is 45.3 Å². The SMILES string of the molecule is Cc1cc(C)c2[nH]ccc2c1C[C@@H]1CCN(CC(F)(F)F)C[C@H]1c1cnn(CC(=O)O)c1. The summed E-state index contributed by atoms with van der Waals surface area (Å²) in [5.74, 6) is -1.05. The molecule has 32 heavy (non-hydrogen) atoms. The number of carboxylic acids is 1. The van der Waals surface area contributed by atoms with Gasteiger partial charge < -0.3 is 10.1 Å². The standard InChI is InChI=1S/C23H27F3N4O2/c1-14-7-15(2)22-18(3-5-27-22)19(14)8-16-4-6-29(13-23(24,25)26)11-20(16)17-9-28-30(10-17)12-21(31)32/h3,5,7,9-10,16,20,27H,4,6,8,11-13H2,1-2H3,(H,31,32)/t16-,20+/m0/s1. The number of aromatic amines is 1. The first-order valence-corrected chi connectivity index (χ1v) is 10.7. The van der Waals surface area contributed by atoms with Crippen molar-refractivity contribution >= 4 is 16.9 Å². The second-order valence-electron chi connectivity index (χ2n) is 8.83. The Morgan fingerprint density at radius 2 is 2.09 bits per heavy atom. The van der Waals surface area contributed by atoms with Gasteiger partial charge in [-0.15, -0.1) is 0 Å². The lowest BCUT2D eigenvalue weighted by atomic mass is 9.77. The van der Waals surface area contributed by atoms with Gasteiger partial charge in [0.1, 0.15) is 6.54 Å². The Hall–Kier alpha value is -2.81. The summed E-state index contributed by atoms with van der Waals surface area (Å²) in [6.45, 7) is 3.57. The second-order valence-corrected chi connectivity index (χ2v) is 8.83. The molecule has 1 aliphatic rings. The summed E-state index contributed by atoms with van der Waals surface area (Å²) >= 11 is 0. The van der Waals surface area contributed by atoms with Crippen molar-refractivity contribution in [3.63, 3.8) is 0 Å². The van der Waals surface area contributed by atoms with Crippen LogP contribution in [0.2, 0.25) is 0 Å². The van der Waals surface area contributed by atoms with Crippen molar-refractivity contribution in [3.8, 4) is 0 Å². The number of aliphatic carboxylic acids is 1. The van der Waals surface area contributed by atoms with Gasteiger partial charge in [-0.3, -0.25) is 14.4 Å². The molecule has 0 amide bonds. The first-order valence-electron chi connectivity index (χ1n) is 10.7. The molecule has 1 saturated heterocycles. The van der Waals surface area contributed by atoms with Crippen LogP contribution in [-0.2, 0) is 17.8 Å². The Bertz CT molecular complexity index is 1120. The third-order valence-corrected chi connectivity index (χ3v) is 6.46. The van der Waals surface area contributed by atoms with Gasteiger partial charge in [0.15, 0.2) is 0 Å². The minimum atomic E-state index is -4.25. The lowest BCUT2D eigenvalue weighted by molar-refractivity contribution is -0.149. The molecule has 0 aliphatic carbocycles. The highest BCUT2D eigenvalue weighted by Gasteiger charge is 2.37. The summed E-state index contributed by atoms with van der Waals surface area (Å²) in [6, 6.07) is 4.20. The fraction of sp³-hybridized carbons (Fsp3) is 0.478. The van der Waals surface area contributed by atoms with Crippen LogP contribution in [-0.4, -0.2) is 56.6 Å². The smallest absolute Gasteiger partial charge is 0.401 e. The third kappa shape index (κ3) is 4.82. The van der Waals surface area contributed by atoms with E-state index >= 15 is 0 Å². The first-order chi connectivity index (χ1) is 15.1. The Kier molecular flexibility index (Phi) is 6.03. The average Bonchev–Trinajstić information content (AvgIpc) is 3.34. The molecule has 3 heterocycles. The van der Waals surface area contributed by atoms with Crippen LogP contribution >= 0.6 is 0 Å². The fourth-order valence-electron chi connectivity index (χ4n) is 5.06. The van der Waals surface area contributed by atoms with Gasteiger partial charge >= 0.3 is 12.1 Å². The highest BCUT2D eigenvalue weighted by atomic mass is 19.4. The van der Waals surface area contributed by atoms with E-state index in [4.69, 9.17) is 5.11 Å². The van der Waals surface area contributed by atoms with E-state index < -0.39 is 18.7 Å². The lowest BCUT2D eigenvalue weighted by Gasteiger charge is -2.39. The lowest BCUT2D eigenvalue weighted by Crippen LogP contribution is -2.44. The van der Waals surface area contributed by atoms with E-state index in [1.165, 1.54) is 20.7 Å². The Balaban J connectivity index is 1.64. The summed E-state index contributed by atoms with van der Waals surface area (Å²) in [7, 11) is 0. The normalized spacial score (nSPS) is 20.2. The number of piperidine rings is 1. The van der Waals surface area contributed by atoms with E-state index in [0.717, 1.165) is 28.5 Å². The minimum Gasteiger partial charge on any atom is -0.480 e. The van der Waals surface area contributed by atoms with E-state index in [2.05, 4.69) is 36.1 Å². The van der Waals surface area contributed by atoms with Crippen LogP contribution in [0.5, 0.6) is 0 Å². The molecule has 2 atom stereocenters. The molecule has 0 unspecified atom stereocenters. The zero-order valence-corrected chi connectivity index (χ0v) is 18.1. The van der Waals surface area contributed by atoms with Crippen LogP contribution in [0.3, 0.4) is 0 Å². The third-order valence-electron chi connectivity index (χ3n) is 6.46. The van der Waals surface area contributed by atoms with Crippen LogP contribution in [0.15, 0.2) is 30.7 Å². The minimum absolute atomic E-state index is 0.126. The molecule has 9 heteroatoms. The van der Waals surface area contributed by atoms with Crippen LogP contribution in [0.1, 0.15) is 34.6 Å². The molecule has 0 bridgehead atoms. The number of carbonyl (C=O) groups is 1. The van der Waals surface area contributed by atoms with E-state index in [0.29, 0.717) is 13.0 Å². The van der Waals surface area contributed by atoms with Crippen LogP contribution < -0.4 is 0 Å². The second kappa shape index (κ2) is 8.61. The number of benzene rings is 1. The highest BCUT2D eigenvalue weighted by molar-refractivity contribution is 5.87. The number of nitrogens with one attached hydrogen (secondary N) is 1. The Labute approximate surface area is 184 Å². The highest BCUT2D eigenvalue weighted by Crippen LogP contribution is 2.38. The molecule has 0 spiro atoms. The van der Waals surface area contributed by atoms with Crippen molar-refractivity contribution in [1.29, 1.82) is 0 Å². The van der Waals surface area contributed by atoms with Gasteiger partial charge in [-0.1, -0.05) is 6.07 Å². The van der Waals surface area contributed by atoms with Gasteiger partial charge in [0, 0.05) is 35.8 Å². The van der Waals surface area contributed by atoms with Crippen molar-refractivity contribution in [3.05, 3.63) is 53.0 Å². The van der Waals surface area contributed by atoms with Crippen molar-refractivity contribution in [1.82, 2.24) is 19.7 Å². The number of nitrogens with zero attached hydrogens (tertiary/aromatic N) is 3. The predicted octanol–water partition coefficient (Wildman–Crippen LogP) is 4.28. The molecule has 0 saturated carbocycles. The average molecular weight is 448 g/mol. The number of H-pyrrole nitrogens is 1. The molecule has 1 aliphatic heterocycles. The van der Waals surface area contributed by atoms with Crippen LogP contribution in [0.4, 0.5) is 13.2 Å². The number of aryl methyl sites for hydroxylation is 2. The number of hydrogen-bond donors (Lipinski definition) is 2. The van der Waals surface area contributed by atoms with E-state index in [1.54, 1.807) is 12.4 Å². The number of fused-ring (bicyclic) bond motifs is 1. The molecule has 1 fully saturated rings. The molecule has 6 nitrogen and oxygen atoms in total. The number of hydrogen-bond acceptors (Lipinski definition) is 3. The Morgan fingerprint density at radius 3 is 2.81 bits per heavy atom. The zero-order valence-electron chi connectivity index (χ0n) is 18.1. The maximum atomic E-state index is 13.1. The number of aromatic nitrogens is 3. The van der Waals surface area contributed by atoms with Gasteiger partial charge in [-0.25, -0.2) is 0 Å². The summed E-state index contributed by atoms with van der Waals surface area (Å²) in [5, 5.41) is 14.3. The van der Waals surface area contributed by atoms with Crippen molar-refractivity contribution in [2.75, 3.05) is 19.6 Å². The zero-order chi connectivity index (χ0) is 23.0. The van der Waals surface area contributed by atoms with Gasteiger partial charge in [0.25, 0.3) is 0 Å². The van der Waals surface area contributed by atoms with Gasteiger partial charge in [-0.2, -0.15) is 18.3 Å². The summed E-state index contributed by atoms with van der Waals surface area (Å²) in [6.07, 6.45) is 2.30. The van der Waals surface area contributed by atoms with E-state index in [1.807, 2.05) is 6.20 Å². The summed E-state index contributed by atoms with van der Waals surface area (Å²) in [5.41, 5.74) is 5.43. The fourth-order valence-corrected chi connectivity index (χ4v) is 5.06. The monoisotopic (exact) mass is 448 g/mol. The molecule has 0 radical (unpaired) electrons. The molecule has 1 aromatic carbocycles. The molecular formula is C23H27F3N4O2. The van der Waals surface area contributed by atoms with Gasteiger partial charge in [0.2, 0.25) is 0 Å². The predicted molar refractivity (Wildman–Crippen MR) is 115 cm³/mol.